The second-order valence-corrected chi connectivity index (χ2v) is 5.39. The standard InChI is InChI=1S/C19H23NO4/c1-14-4-7-16(8-5-14)24-13-19(21)20-11-10-15-6-9-17(22-2)18(12-15)23-3/h4-9,12H,10-11,13H2,1-3H3,(H,20,21). The maximum Gasteiger partial charge on any atom is 0.257 e. The molecule has 0 atom stereocenters. The van der Waals surface area contributed by atoms with Gasteiger partial charge >= 0.3 is 0 Å². The van der Waals surface area contributed by atoms with Crippen LogP contribution in [0.15, 0.2) is 42.5 Å². The van der Waals surface area contributed by atoms with Crippen LogP contribution in [0.5, 0.6) is 17.2 Å². The summed E-state index contributed by atoms with van der Waals surface area (Å²) in [7, 11) is 3.21. The molecule has 0 radical (unpaired) electrons. The summed E-state index contributed by atoms with van der Waals surface area (Å²) in [5.41, 5.74) is 2.22. The van der Waals surface area contributed by atoms with Crippen molar-refractivity contribution in [3.63, 3.8) is 0 Å². The summed E-state index contributed by atoms with van der Waals surface area (Å²) in [5, 5.41) is 2.84. The Labute approximate surface area is 142 Å². The molecule has 0 aliphatic rings. The molecule has 128 valence electrons. The number of hydrogen-bond acceptors (Lipinski definition) is 4. The van der Waals surface area contributed by atoms with Crippen molar-refractivity contribution < 1.29 is 19.0 Å². The van der Waals surface area contributed by atoms with Gasteiger partial charge in [-0.3, -0.25) is 4.79 Å². The minimum atomic E-state index is -0.143. The quantitative estimate of drug-likeness (QED) is 0.809. The molecule has 0 aliphatic heterocycles. The highest BCUT2D eigenvalue weighted by Crippen LogP contribution is 2.27. The molecule has 5 heteroatoms. The second kappa shape index (κ2) is 8.82. The minimum absolute atomic E-state index is 0.00892. The molecule has 24 heavy (non-hydrogen) atoms. The number of nitrogens with one attached hydrogen (secondary N) is 1. The highest BCUT2D eigenvalue weighted by Gasteiger charge is 2.06. The zero-order valence-electron chi connectivity index (χ0n) is 14.3. The van der Waals surface area contributed by atoms with Crippen molar-refractivity contribution in [1.82, 2.24) is 5.32 Å². The van der Waals surface area contributed by atoms with Crippen molar-refractivity contribution in [3.05, 3.63) is 53.6 Å². The smallest absolute Gasteiger partial charge is 0.257 e. The summed E-state index contributed by atoms with van der Waals surface area (Å²) >= 11 is 0. The molecule has 2 aromatic rings. The van der Waals surface area contributed by atoms with E-state index in [0.717, 1.165) is 11.1 Å². The van der Waals surface area contributed by atoms with Crippen molar-refractivity contribution >= 4 is 5.91 Å². The molecule has 0 spiro atoms. The highest BCUT2D eigenvalue weighted by molar-refractivity contribution is 5.77. The van der Waals surface area contributed by atoms with Gasteiger partial charge in [0.2, 0.25) is 0 Å². The van der Waals surface area contributed by atoms with Gasteiger partial charge in [0.05, 0.1) is 14.2 Å². The first-order valence-corrected chi connectivity index (χ1v) is 7.79. The summed E-state index contributed by atoms with van der Waals surface area (Å²) < 4.78 is 15.9. The third-order valence-corrected chi connectivity index (χ3v) is 3.57. The largest absolute Gasteiger partial charge is 0.493 e. The first-order valence-electron chi connectivity index (χ1n) is 7.79. The van der Waals surface area contributed by atoms with Gasteiger partial charge in [0.25, 0.3) is 5.91 Å². The van der Waals surface area contributed by atoms with E-state index in [1.54, 1.807) is 14.2 Å². The first kappa shape index (κ1) is 17.7. The molecular weight excluding hydrogens is 306 g/mol. The minimum Gasteiger partial charge on any atom is -0.493 e. The van der Waals surface area contributed by atoms with E-state index in [1.165, 1.54) is 0 Å². The number of aryl methyl sites for hydroxylation is 1. The van der Waals surface area contributed by atoms with Crippen LogP contribution in [0.25, 0.3) is 0 Å². The van der Waals surface area contributed by atoms with Crippen LogP contribution in [0.3, 0.4) is 0 Å². The molecular formula is C19H23NO4. The molecule has 0 saturated heterocycles. The molecule has 0 aliphatic carbocycles. The van der Waals surface area contributed by atoms with Crippen molar-refractivity contribution in [1.29, 1.82) is 0 Å². The van der Waals surface area contributed by atoms with Crippen molar-refractivity contribution in [2.24, 2.45) is 0 Å². The number of amides is 1. The Balaban J connectivity index is 1.75. The molecule has 2 aromatic carbocycles. The van der Waals surface area contributed by atoms with Crippen LogP contribution in [0.4, 0.5) is 0 Å². The Hall–Kier alpha value is -2.69. The van der Waals surface area contributed by atoms with Crippen molar-refractivity contribution in [3.8, 4) is 17.2 Å². The highest BCUT2D eigenvalue weighted by atomic mass is 16.5. The van der Waals surface area contributed by atoms with E-state index in [1.807, 2.05) is 49.4 Å². The summed E-state index contributed by atoms with van der Waals surface area (Å²) in [6, 6.07) is 13.3. The number of carbonyl (C=O) groups is 1. The van der Waals surface area contributed by atoms with E-state index in [0.29, 0.717) is 30.2 Å². The van der Waals surface area contributed by atoms with Crippen LogP contribution in [0, 0.1) is 6.92 Å². The van der Waals surface area contributed by atoms with Crippen LogP contribution < -0.4 is 19.5 Å². The predicted molar refractivity (Wildman–Crippen MR) is 92.9 cm³/mol. The average Bonchev–Trinajstić information content (AvgIpc) is 2.61. The van der Waals surface area contributed by atoms with Crippen LogP contribution >= 0.6 is 0 Å². The molecule has 0 saturated carbocycles. The third-order valence-electron chi connectivity index (χ3n) is 3.57. The zero-order valence-corrected chi connectivity index (χ0v) is 14.3. The Morgan fingerprint density at radius 1 is 1.00 bits per heavy atom. The SMILES string of the molecule is COc1ccc(CCNC(=O)COc2ccc(C)cc2)cc1OC. The Bertz CT molecular complexity index is 668. The lowest BCUT2D eigenvalue weighted by Gasteiger charge is -2.10. The molecule has 0 aromatic heterocycles. The molecule has 0 unspecified atom stereocenters. The van der Waals surface area contributed by atoms with Gasteiger partial charge in [-0.25, -0.2) is 0 Å². The summed E-state index contributed by atoms with van der Waals surface area (Å²) in [5.74, 6) is 1.92. The van der Waals surface area contributed by atoms with Gasteiger partial charge < -0.3 is 19.5 Å². The number of benzene rings is 2. The fourth-order valence-electron chi connectivity index (χ4n) is 2.22. The van der Waals surface area contributed by atoms with Crippen LogP contribution in [0.1, 0.15) is 11.1 Å². The molecule has 1 N–H and O–H groups in total. The maximum absolute atomic E-state index is 11.8. The molecule has 5 nitrogen and oxygen atoms in total. The lowest BCUT2D eigenvalue weighted by atomic mass is 10.1. The third kappa shape index (κ3) is 5.19. The number of methoxy groups -OCH3 is 2. The summed E-state index contributed by atoms with van der Waals surface area (Å²) in [6.45, 7) is 2.55. The first-order chi connectivity index (χ1) is 11.6. The number of ether oxygens (including phenoxy) is 3. The molecule has 1 amide bonds. The van der Waals surface area contributed by atoms with Crippen molar-refractivity contribution in [2.45, 2.75) is 13.3 Å². The summed E-state index contributed by atoms with van der Waals surface area (Å²) in [4.78, 5) is 11.8. The van der Waals surface area contributed by atoms with Crippen molar-refractivity contribution in [2.75, 3.05) is 27.4 Å². The average molecular weight is 329 g/mol. The Kier molecular flexibility index (Phi) is 6.49. The summed E-state index contributed by atoms with van der Waals surface area (Å²) in [6.07, 6.45) is 0.705. The molecule has 0 bridgehead atoms. The monoisotopic (exact) mass is 329 g/mol. The van der Waals surface area contributed by atoms with Gasteiger partial charge in [0.1, 0.15) is 5.75 Å². The van der Waals surface area contributed by atoms with Gasteiger partial charge in [-0.1, -0.05) is 23.8 Å². The van der Waals surface area contributed by atoms with E-state index in [-0.39, 0.29) is 12.5 Å². The molecule has 0 fully saturated rings. The van der Waals surface area contributed by atoms with Gasteiger partial charge in [-0.2, -0.15) is 0 Å². The lowest BCUT2D eigenvalue weighted by Crippen LogP contribution is -2.30. The van der Waals surface area contributed by atoms with Crippen LogP contribution in [-0.4, -0.2) is 33.3 Å². The van der Waals surface area contributed by atoms with E-state index in [9.17, 15) is 4.79 Å². The topological polar surface area (TPSA) is 56.8 Å². The van der Waals surface area contributed by atoms with E-state index in [2.05, 4.69) is 5.32 Å². The van der Waals surface area contributed by atoms with E-state index < -0.39 is 0 Å². The second-order valence-electron chi connectivity index (χ2n) is 5.39. The molecule has 2 rings (SSSR count). The normalized spacial score (nSPS) is 10.1. The van der Waals surface area contributed by atoms with Gasteiger partial charge in [0, 0.05) is 6.54 Å². The number of rotatable bonds is 8. The fourth-order valence-corrected chi connectivity index (χ4v) is 2.22. The fraction of sp³-hybridized carbons (Fsp3) is 0.316. The van der Waals surface area contributed by atoms with Gasteiger partial charge in [-0.05, 0) is 43.2 Å². The molecule has 0 heterocycles. The number of hydrogen-bond donors (Lipinski definition) is 1. The van der Waals surface area contributed by atoms with Gasteiger partial charge in [-0.15, -0.1) is 0 Å². The lowest BCUT2D eigenvalue weighted by molar-refractivity contribution is -0.123. The Morgan fingerprint density at radius 2 is 1.71 bits per heavy atom. The predicted octanol–water partition coefficient (Wildman–Crippen LogP) is 2.75. The van der Waals surface area contributed by atoms with Crippen LogP contribution in [0.2, 0.25) is 0 Å². The maximum atomic E-state index is 11.8. The zero-order chi connectivity index (χ0) is 17.4. The van der Waals surface area contributed by atoms with Gasteiger partial charge in [0.15, 0.2) is 18.1 Å². The van der Waals surface area contributed by atoms with E-state index >= 15 is 0 Å². The number of carbonyl (C=O) groups excluding carboxylic acids is 1. The van der Waals surface area contributed by atoms with Crippen LogP contribution in [-0.2, 0) is 11.2 Å². The Morgan fingerprint density at radius 3 is 2.38 bits per heavy atom. The van der Waals surface area contributed by atoms with E-state index in [4.69, 9.17) is 14.2 Å².